The molecule has 0 aromatic heterocycles. The van der Waals surface area contributed by atoms with E-state index in [1.807, 2.05) is 26.0 Å². The summed E-state index contributed by atoms with van der Waals surface area (Å²) in [6, 6.07) is 3.96. The molecule has 5 nitrogen and oxygen atoms in total. The number of methoxy groups -OCH3 is 2. The molecule has 0 aliphatic rings. The molecule has 0 atom stereocenters. The molecular weight excluding hydrogens is 338 g/mol. The van der Waals surface area contributed by atoms with Gasteiger partial charge < -0.3 is 24.3 Å². The summed E-state index contributed by atoms with van der Waals surface area (Å²) in [7, 11) is 3.25. The highest BCUT2D eigenvalue weighted by atomic mass is 79.9. The number of ether oxygens (including phenoxy) is 4. The van der Waals surface area contributed by atoms with Crippen LogP contribution in [0.3, 0.4) is 0 Å². The molecule has 0 saturated heterocycles. The van der Waals surface area contributed by atoms with Crippen molar-refractivity contribution in [2.24, 2.45) is 0 Å². The summed E-state index contributed by atoms with van der Waals surface area (Å²) in [5.74, 6) is 1.40. The maximum Gasteiger partial charge on any atom is 0.174 e. The van der Waals surface area contributed by atoms with Gasteiger partial charge in [0.2, 0.25) is 0 Å². The van der Waals surface area contributed by atoms with Crippen LogP contribution in [0.5, 0.6) is 11.5 Å². The zero-order valence-corrected chi connectivity index (χ0v) is 14.7. The second kappa shape index (κ2) is 10.00. The molecule has 21 heavy (non-hydrogen) atoms. The summed E-state index contributed by atoms with van der Waals surface area (Å²) < 4.78 is 22.5. The third-order valence-corrected chi connectivity index (χ3v) is 3.43. The normalized spacial score (nSPS) is 11.0. The average molecular weight is 362 g/mol. The highest BCUT2D eigenvalue weighted by molar-refractivity contribution is 9.10. The molecule has 0 bridgehead atoms. The van der Waals surface area contributed by atoms with Crippen molar-refractivity contribution in [3.63, 3.8) is 0 Å². The van der Waals surface area contributed by atoms with Gasteiger partial charge in [0.1, 0.15) is 0 Å². The first-order chi connectivity index (χ1) is 10.2. The fourth-order valence-electron chi connectivity index (χ4n) is 1.95. The van der Waals surface area contributed by atoms with Gasteiger partial charge in [-0.25, -0.2) is 0 Å². The summed E-state index contributed by atoms with van der Waals surface area (Å²) in [5, 5.41) is 3.32. The van der Waals surface area contributed by atoms with Crippen LogP contribution < -0.4 is 14.8 Å². The van der Waals surface area contributed by atoms with E-state index in [-0.39, 0.29) is 6.29 Å². The number of halogens is 1. The van der Waals surface area contributed by atoms with Crippen LogP contribution in [0, 0.1) is 0 Å². The fraction of sp³-hybridized carbons (Fsp3) is 0.600. The van der Waals surface area contributed by atoms with Crippen LogP contribution in [0.2, 0.25) is 0 Å². The van der Waals surface area contributed by atoms with E-state index in [9.17, 15) is 0 Å². The van der Waals surface area contributed by atoms with Gasteiger partial charge >= 0.3 is 0 Å². The number of hydrogen-bond donors (Lipinski definition) is 1. The molecule has 6 heteroatoms. The highest BCUT2D eigenvalue weighted by Crippen LogP contribution is 2.36. The topological polar surface area (TPSA) is 49.0 Å². The Morgan fingerprint density at radius 2 is 1.76 bits per heavy atom. The molecule has 0 spiro atoms. The van der Waals surface area contributed by atoms with E-state index in [0.29, 0.717) is 37.8 Å². The van der Waals surface area contributed by atoms with Gasteiger partial charge in [0, 0.05) is 26.3 Å². The van der Waals surface area contributed by atoms with E-state index in [2.05, 4.69) is 21.2 Å². The number of nitrogens with one attached hydrogen (secondary N) is 1. The van der Waals surface area contributed by atoms with E-state index < -0.39 is 0 Å². The van der Waals surface area contributed by atoms with Crippen molar-refractivity contribution in [3.05, 3.63) is 22.2 Å². The molecule has 0 aliphatic heterocycles. The Hall–Kier alpha value is -0.820. The number of hydrogen-bond acceptors (Lipinski definition) is 5. The van der Waals surface area contributed by atoms with Gasteiger partial charge in [0.05, 0.1) is 18.7 Å². The monoisotopic (exact) mass is 361 g/mol. The minimum absolute atomic E-state index is 0.219. The SMILES string of the molecule is CCOC(CNCc1cc(Br)c(OC)c(OC)c1)OCC. The molecule has 1 N–H and O–H groups in total. The lowest BCUT2D eigenvalue weighted by Gasteiger charge is -2.18. The van der Waals surface area contributed by atoms with E-state index in [4.69, 9.17) is 18.9 Å². The van der Waals surface area contributed by atoms with Crippen molar-refractivity contribution in [2.45, 2.75) is 26.7 Å². The van der Waals surface area contributed by atoms with Crippen molar-refractivity contribution >= 4 is 15.9 Å². The maximum atomic E-state index is 5.49. The third kappa shape index (κ3) is 5.82. The van der Waals surface area contributed by atoms with Gasteiger partial charge in [-0.3, -0.25) is 0 Å². The molecule has 0 aliphatic carbocycles. The quantitative estimate of drug-likeness (QED) is 0.649. The van der Waals surface area contributed by atoms with E-state index in [1.54, 1.807) is 14.2 Å². The van der Waals surface area contributed by atoms with Crippen LogP contribution in [0.1, 0.15) is 19.4 Å². The van der Waals surface area contributed by atoms with Crippen molar-refractivity contribution in [1.29, 1.82) is 0 Å². The van der Waals surface area contributed by atoms with E-state index in [1.165, 1.54) is 0 Å². The summed E-state index contributed by atoms with van der Waals surface area (Å²) in [5.41, 5.74) is 1.09. The zero-order valence-electron chi connectivity index (χ0n) is 13.1. The molecular formula is C15H24BrNO4. The van der Waals surface area contributed by atoms with Crippen LogP contribution in [0.25, 0.3) is 0 Å². The van der Waals surface area contributed by atoms with Gasteiger partial charge in [-0.2, -0.15) is 0 Å². The van der Waals surface area contributed by atoms with E-state index >= 15 is 0 Å². The lowest BCUT2D eigenvalue weighted by atomic mass is 10.2. The van der Waals surface area contributed by atoms with Crippen LogP contribution in [-0.4, -0.2) is 40.3 Å². The number of rotatable bonds is 10. The molecule has 0 unspecified atom stereocenters. The Morgan fingerprint density at radius 1 is 1.10 bits per heavy atom. The molecule has 0 amide bonds. The summed E-state index contributed by atoms with van der Waals surface area (Å²) in [6.07, 6.45) is -0.219. The van der Waals surface area contributed by atoms with Gasteiger partial charge in [0.25, 0.3) is 0 Å². The first-order valence-electron chi connectivity index (χ1n) is 7.00. The van der Waals surface area contributed by atoms with Gasteiger partial charge in [0.15, 0.2) is 17.8 Å². The highest BCUT2D eigenvalue weighted by Gasteiger charge is 2.11. The fourth-order valence-corrected chi connectivity index (χ4v) is 2.60. The predicted octanol–water partition coefficient (Wildman–Crippen LogP) is 2.96. The Kier molecular flexibility index (Phi) is 8.68. The molecule has 1 aromatic rings. The van der Waals surface area contributed by atoms with Crippen molar-refractivity contribution in [1.82, 2.24) is 5.32 Å². The smallest absolute Gasteiger partial charge is 0.174 e. The molecule has 0 saturated carbocycles. The maximum absolute atomic E-state index is 5.49. The molecule has 120 valence electrons. The van der Waals surface area contributed by atoms with Crippen LogP contribution in [-0.2, 0) is 16.0 Å². The number of benzene rings is 1. The van der Waals surface area contributed by atoms with Gasteiger partial charge in [-0.15, -0.1) is 0 Å². The van der Waals surface area contributed by atoms with Crippen molar-refractivity contribution in [2.75, 3.05) is 34.0 Å². The molecule has 1 aromatic carbocycles. The standard InChI is InChI=1S/C15H24BrNO4/c1-5-20-14(21-6-2)10-17-9-11-7-12(16)15(19-4)13(8-11)18-3/h7-8,14,17H,5-6,9-10H2,1-4H3. The molecule has 1 rings (SSSR count). The molecule has 0 radical (unpaired) electrons. The lowest BCUT2D eigenvalue weighted by molar-refractivity contribution is -0.133. The second-order valence-corrected chi connectivity index (χ2v) is 5.14. The van der Waals surface area contributed by atoms with Crippen molar-refractivity contribution < 1.29 is 18.9 Å². The summed E-state index contributed by atoms with van der Waals surface area (Å²) in [6.45, 7) is 6.50. The first kappa shape index (κ1) is 18.2. The summed E-state index contributed by atoms with van der Waals surface area (Å²) in [4.78, 5) is 0. The Labute approximate surface area is 135 Å². The average Bonchev–Trinajstić information content (AvgIpc) is 2.47. The second-order valence-electron chi connectivity index (χ2n) is 4.28. The third-order valence-electron chi connectivity index (χ3n) is 2.84. The molecule has 0 fully saturated rings. The van der Waals surface area contributed by atoms with Gasteiger partial charge in [-0.05, 0) is 47.5 Å². The van der Waals surface area contributed by atoms with Crippen LogP contribution in [0.15, 0.2) is 16.6 Å². The van der Waals surface area contributed by atoms with Crippen molar-refractivity contribution in [3.8, 4) is 11.5 Å². The van der Waals surface area contributed by atoms with E-state index in [0.717, 1.165) is 10.0 Å². The van der Waals surface area contributed by atoms with Gasteiger partial charge in [-0.1, -0.05) is 0 Å². The van der Waals surface area contributed by atoms with Crippen LogP contribution in [0.4, 0.5) is 0 Å². The predicted molar refractivity (Wildman–Crippen MR) is 86.0 cm³/mol. The zero-order chi connectivity index (χ0) is 15.7. The summed E-state index contributed by atoms with van der Waals surface area (Å²) >= 11 is 3.49. The largest absolute Gasteiger partial charge is 0.493 e. The minimum atomic E-state index is -0.219. The lowest BCUT2D eigenvalue weighted by Crippen LogP contribution is -2.31. The minimum Gasteiger partial charge on any atom is -0.493 e. The Balaban J connectivity index is 2.60. The first-order valence-corrected chi connectivity index (χ1v) is 7.79. The molecule has 0 heterocycles. The Bertz CT molecular complexity index is 422. The Morgan fingerprint density at radius 3 is 2.29 bits per heavy atom. The van der Waals surface area contributed by atoms with Crippen LogP contribution >= 0.6 is 15.9 Å².